The van der Waals surface area contributed by atoms with Gasteiger partial charge in [-0.05, 0) is 63.1 Å². The third kappa shape index (κ3) is 5.14. The Morgan fingerprint density at radius 1 is 0.968 bits per heavy atom. The van der Waals surface area contributed by atoms with Crippen molar-refractivity contribution < 1.29 is 14.0 Å². The number of aromatic nitrogens is 3. The van der Waals surface area contributed by atoms with Crippen molar-refractivity contribution >= 4 is 23.2 Å². The van der Waals surface area contributed by atoms with Gasteiger partial charge in [0, 0.05) is 11.9 Å². The minimum atomic E-state index is -0.547. The van der Waals surface area contributed by atoms with E-state index in [1.807, 2.05) is 39.3 Å². The summed E-state index contributed by atoms with van der Waals surface area (Å²) in [5.74, 6) is -1.35. The molecule has 1 aromatic carbocycles. The zero-order valence-electron chi connectivity index (χ0n) is 18.2. The molecule has 7 nitrogen and oxygen atoms in total. The first-order valence-electron chi connectivity index (χ1n) is 10.00. The molecule has 162 valence electrons. The number of anilines is 2. The van der Waals surface area contributed by atoms with Gasteiger partial charge in [0.2, 0.25) is 0 Å². The van der Waals surface area contributed by atoms with Gasteiger partial charge in [0.25, 0.3) is 11.8 Å². The average molecular weight is 423 g/mol. The second kappa shape index (κ2) is 8.67. The highest BCUT2D eigenvalue weighted by atomic mass is 19.1. The van der Waals surface area contributed by atoms with E-state index in [1.54, 1.807) is 24.3 Å². The van der Waals surface area contributed by atoms with Gasteiger partial charge in [0.15, 0.2) is 5.69 Å². The molecule has 0 saturated heterocycles. The zero-order chi connectivity index (χ0) is 22.8. The van der Waals surface area contributed by atoms with Crippen molar-refractivity contribution in [2.24, 2.45) is 0 Å². The van der Waals surface area contributed by atoms with Crippen molar-refractivity contribution in [1.29, 1.82) is 0 Å². The summed E-state index contributed by atoms with van der Waals surface area (Å²) in [4.78, 5) is 29.4. The topological polar surface area (TPSA) is 88.9 Å². The minimum Gasteiger partial charge on any atom is -0.319 e. The third-order valence-electron chi connectivity index (χ3n) is 4.57. The zero-order valence-corrected chi connectivity index (χ0v) is 18.2. The summed E-state index contributed by atoms with van der Waals surface area (Å²) < 4.78 is 15.7. The van der Waals surface area contributed by atoms with Crippen LogP contribution in [-0.2, 0) is 5.54 Å². The van der Waals surface area contributed by atoms with Crippen molar-refractivity contribution in [3.8, 4) is 0 Å². The highest BCUT2D eigenvalue weighted by molar-refractivity contribution is 6.08. The Balaban J connectivity index is 1.88. The van der Waals surface area contributed by atoms with Crippen LogP contribution < -0.4 is 10.6 Å². The molecule has 0 aliphatic heterocycles. The van der Waals surface area contributed by atoms with E-state index in [4.69, 9.17) is 0 Å². The number of carbonyl (C=O) groups is 2. The Morgan fingerprint density at radius 3 is 2.23 bits per heavy atom. The molecular formula is C23H26FN5O2. The monoisotopic (exact) mass is 423 g/mol. The molecule has 0 saturated carbocycles. The van der Waals surface area contributed by atoms with Gasteiger partial charge in [0.05, 0.1) is 16.9 Å². The van der Waals surface area contributed by atoms with Crippen molar-refractivity contribution in [2.45, 2.75) is 46.1 Å². The molecule has 2 amide bonds. The van der Waals surface area contributed by atoms with Gasteiger partial charge in [-0.2, -0.15) is 5.10 Å². The van der Waals surface area contributed by atoms with Gasteiger partial charge in [-0.3, -0.25) is 19.3 Å². The number of nitrogens with one attached hydrogen (secondary N) is 2. The Bertz CT molecular complexity index is 1100. The quantitative estimate of drug-likeness (QED) is 0.617. The van der Waals surface area contributed by atoms with Gasteiger partial charge < -0.3 is 10.6 Å². The van der Waals surface area contributed by atoms with Crippen LogP contribution in [0.5, 0.6) is 0 Å². The van der Waals surface area contributed by atoms with Crippen molar-refractivity contribution in [3.05, 3.63) is 71.6 Å². The van der Waals surface area contributed by atoms with Crippen LogP contribution in [0.1, 0.15) is 67.2 Å². The lowest BCUT2D eigenvalue weighted by atomic mass is 10.1. The molecule has 2 aromatic heterocycles. The fourth-order valence-corrected chi connectivity index (χ4v) is 3.05. The summed E-state index contributed by atoms with van der Waals surface area (Å²) in [5, 5.41) is 9.80. The van der Waals surface area contributed by atoms with E-state index in [2.05, 4.69) is 20.7 Å². The predicted molar refractivity (Wildman–Crippen MR) is 118 cm³/mol. The molecule has 0 spiro atoms. The first-order chi connectivity index (χ1) is 14.6. The summed E-state index contributed by atoms with van der Waals surface area (Å²) >= 11 is 0. The summed E-state index contributed by atoms with van der Waals surface area (Å²) in [6.45, 7) is 10.1. The molecule has 0 aliphatic rings. The van der Waals surface area contributed by atoms with E-state index < -0.39 is 17.6 Å². The molecule has 0 aliphatic carbocycles. The lowest BCUT2D eigenvalue weighted by Crippen LogP contribution is -2.26. The van der Waals surface area contributed by atoms with Gasteiger partial charge in [-0.25, -0.2) is 4.39 Å². The average Bonchev–Trinajstić information content (AvgIpc) is 3.17. The van der Waals surface area contributed by atoms with Crippen LogP contribution in [-0.4, -0.2) is 26.6 Å². The lowest BCUT2D eigenvalue weighted by Gasteiger charge is -2.23. The van der Waals surface area contributed by atoms with Crippen LogP contribution in [0.4, 0.5) is 15.8 Å². The number of hydrogen-bond acceptors (Lipinski definition) is 4. The van der Waals surface area contributed by atoms with E-state index in [0.717, 1.165) is 11.8 Å². The number of benzene rings is 1. The number of hydrogen-bond donors (Lipinski definition) is 2. The third-order valence-corrected chi connectivity index (χ3v) is 4.57. The number of amides is 2. The fraction of sp³-hybridized carbons (Fsp3) is 0.304. The standard InChI is InChI=1S/C23H26FN5O2/c1-14(2)20-13-19(28-29(20)23(3,4)5)22(31)27-18-12-15(24)9-10-16(18)26-21(30)17-8-6-7-11-25-17/h6-14H,1-5H3,(H,26,30)(H,27,31). The van der Waals surface area contributed by atoms with Gasteiger partial charge in [0.1, 0.15) is 11.5 Å². The van der Waals surface area contributed by atoms with Crippen molar-refractivity contribution in [2.75, 3.05) is 10.6 Å². The lowest BCUT2D eigenvalue weighted by molar-refractivity contribution is 0.101. The second-order valence-corrected chi connectivity index (χ2v) is 8.50. The molecule has 0 atom stereocenters. The molecule has 3 aromatic rings. The highest BCUT2D eigenvalue weighted by Gasteiger charge is 2.24. The molecule has 0 bridgehead atoms. The molecule has 2 N–H and O–H groups in total. The van der Waals surface area contributed by atoms with Crippen LogP contribution in [0, 0.1) is 5.82 Å². The summed E-state index contributed by atoms with van der Waals surface area (Å²) in [5.41, 5.74) is 1.41. The molecule has 0 radical (unpaired) electrons. The van der Waals surface area contributed by atoms with Crippen molar-refractivity contribution in [1.82, 2.24) is 14.8 Å². The summed E-state index contributed by atoms with van der Waals surface area (Å²) in [7, 11) is 0. The van der Waals surface area contributed by atoms with E-state index in [9.17, 15) is 14.0 Å². The van der Waals surface area contributed by atoms with Crippen LogP contribution in [0.15, 0.2) is 48.7 Å². The minimum absolute atomic E-state index is 0.130. The van der Waals surface area contributed by atoms with Gasteiger partial charge >= 0.3 is 0 Å². The van der Waals surface area contributed by atoms with Crippen molar-refractivity contribution in [3.63, 3.8) is 0 Å². The molecule has 0 fully saturated rings. The number of halogens is 1. The predicted octanol–water partition coefficient (Wildman–Crippen LogP) is 4.80. The first-order valence-corrected chi connectivity index (χ1v) is 10.00. The summed E-state index contributed by atoms with van der Waals surface area (Å²) in [6.07, 6.45) is 1.50. The van der Waals surface area contributed by atoms with Crippen LogP contribution >= 0.6 is 0 Å². The fourth-order valence-electron chi connectivity index (χ4n) is 3.05. The van der Waals surface area contributed by atoms with Crippen LogP contribution in [0.2, 0.25) is 0 Å². The number of rotatable bonds is 5. The maximum atomic E-state index is 13.9. The molecule has 2 heterocycles. The Morgan fingerprint density at radius 2 is 1.65 bits per heavy atom. The van der Waals surface area contributed by atoms with Gasteiger partial charge in [-0.15, -0.1) is 0 Å². The first kappa shape index (κ1) is 22.1. The summed E-state index contributed by atoms with van der Waals surface area (Å²) in [6, 6.07) is 10.4. The normalized spacial score (nSPS) is 11.5. The van der Waals surface area contributed by atoms with E-state index in [1.165, 1.54) is 18.3 Å². The largest absolute Gasteiger partial charge is 0.319 e. The van der Waals surface area contributed by atoms with E-state index >= 15 is 0 Å². The van der Waals surface area contributed by atoms with Crippen LogP contribution in [0.3, 0.4) is 0 Å². The maximum absolute atomic E-state index is 13.9. The Hall–Kier alpha value is -3.55. The second-order valence-electron chi connectivity index (χ2n) is 8.50. The molecule has 3 rings (SSSR count). The van der Waals surface area contributed by atoms with Gasteiger partial charge in [-0.1, -0.05) is 19.9 Å². The number of pyridine rings is 1. The highest BCUT2D eigenvalue weighted by Crippen LogP contribution is 2.26. The number of carbonyl (C=O) groups excluding carboxylic acids is 2. The molecular weight excluding hydrogens is 397 g/mol. The molecule has 31 heavy (non-hydrogen) atoms. The Labute approximate surface area is 180 Å². The SMILES string of the molecule is CC(C)c1cc(C(=O)Nc2cc(F)ccc2NC(=O)c2ccccn2)nn1C(C)(C)C. The van der Waals surface area contributed by atoms with Crippen LogP contribution in [0.25, 0.3) is 0 Å². The smallest absolute Gasteiger partial charge is 0.276 e. The molecule has 0 unspecified atom stereocenters. The maximum Gasteiger partial charge on any atom is 0.276 e. The number of nitrogens with zero attached hydrogens (tertiary/aromatic N) is 3. The Kier molecular flexibility index (Phi) is 6.19. The van der Waals surface area contributed by atoms with E-state index in [-0.39, 0.29) is 34.2 Å². The van der Waals surface area contributed by atoms with E-state index in [0.29, 0.717) is 0 Å². The molecule has 8 heteroatoms.